The summed E-state index contributed by atoms with van der Waals surface area (Å²) in [5.41, 5.74) is 8.29. The maximum absolute atomic E-state index is 4.75. The Morgan fingerprint density at radius 2 is 1.37 bits per heavy atom. The third-order valence-electron chi connectivity index (χ3n) is 9.31. The first-order chi connectivity index (χ1) is 20.2. The Balaban J connectivity index is 1.29. The summed E-state index contributed by atoms with van der Waals surface area (Å²) < 4.78 is 0. The molecule has 0 spiro atoms. The van der Waals surface area contributed by atoms with Crippen LogP contribution in [0.15, 0.2) is 163 Å². The number of hydrogen-bond donors (Lipinski definition) is 0. The van der Waals surface area contributed by atoms with Crippen LogP contribution < -0.4 is 10.4 Å². The van der Waals surface area contributed by atoms with Crippen LogP contribution in [0, 0.1) is 23.7 Å². The molecule has 7 rings (SSSR count). The minimum Gasteiger partial charge on any atom is -0.0955 e. The van der Waals surface area contributed by atoms with E-state index < -0.39 is 0 Å². The molecule has 4 unspecified atom stereocenters. The van der Waals surface area contributed by atoms with Crippen LogP contribution in [-0.2, 0) is 0 Å². The molecule has 0 aliphatic heterocycles. The highest BCUT2D eigenvalue weighted by molar-refractivity contribution is 5.88. The van der Waals surface area contributed by atoms with E-state index in [4.69, 9.17) is 6.58 Å². The second-order valence-electron chi connectivity index (χ2n) is 11.6. The predicted octanol–water partition coefficient (Wildman–Crippen LogP) is 8.70. The summed E-state index contributed by atoms with van der Waals surface area (Å²) >= 11 is 0. The predicted molar refractivity (Wildman–Crippen MR) is 175 cm³/mol. The van der Waals surface area contributed by atoms with Crippen LogP contribution in [0.2, 0.25) is 0 Å². The Hall–Kier alpha value is -4.42. The third kappa shape index (κ3) is 4.58. The van der Waals surface area contributed by atoms with Crippen molar-refractivity contribution >= 4 is 21.9 Å². The standard InChI is InChI=1S/C41H36/c1-3-29(34-22-12-16-31-14-6-7-17-35(31)34)24-23-28(2)40-36-18-8-10-20-38(36)41(39-21-11-9-19-37(39)40)33-26-25-30-13-4-5-15-32(30)27-33/h3-22,25-27,31,35-36,38H,2,23-24H2,1H3. The van der Waals surface area contributed by atoms with Crippen LogP contribution in [-0.4, -0.2) is 0 Å². The fraction of sp³-hybridized carbons (Fsp3) is 0.171. The topological polar surface area (TPSA) is 0 Å². The molecule has 3 aromatic rings. The molecule has 4 aliphatic rings. The Morgan fingerprint density at radius 1 is 0.683 bits per heavy atom. The van der Waals surface area contributed by atoms with Crippen molar-refractivity contribution < 1.29 is 0 Å². The molecule has 0 fully saturated rings. The van der Waals surface area contributed by atoms with E-state index in [9.17, 15) is 0 Å². The van der Waals surface area contributed by atoms with Gasteiger partial charge in [0, 0.05) is 23.7 Å². The Bertz CT molecular complexity index is 1880. The smallest absolute Gasteiger partial charge is 0.0137 e. The maximum atomic E-state index is 4.75. The van der Waals surface area contributed by atoms with Gasteiger partial charge >= 0.3 is 0 Å². The molecule has 0 saturated carbocycles. The molecule has 0 aromatic heterocycles. The van der Waals surface area contributed by atoms with Crippen LogP contribution in [0.3, 0.4) is 0 Å². The van der Waals surface area contributed by atoms with Gasteiger partial charge in [-0.1, -0.05) is 146 Å². The van der Waals surface area contributed by atoms with Crippen molar-refractivity contribution in [1.29, 1.82) is 0 Å². The lowest BCUT2D eigenvalue weighted by Gasteiger charge is -2.34. The van der Waals surface area contributed by atoms with Gasteiger partial charge in [-0.25, -0.2) is 0 Å². The van der Waals surface area contributed by atoms with E-state index >= 15 is 0 Å². The van der Waals surface area contributed by atoms with Gasteiger partial charge in [-0.15, -0.1) is 0 Å². The number of allylic oxidation sites excluding steroid dienone is 15. The number of hydrogen-bond acceptors (Lipinski definition) is 0. The molecule has 41 heavy (non-hydrogen) atoms. The number of rotatable bonds is 6. The summed E-state index contributed by atoms with van der Waals surface area (Å²) in [5.74, 6) is 1.46. The largest absolute Gasteiger partial charge is 0.0955 e. The molecule has 0 nitrogen and oxygen atoms in total. The van der Waals surface area contributed by atoms with E-state index in [0.717, 1.165) is 12.8 Å². The zero-order valence-corrected chi connectivity index (χ0v) is 23.7. The highest BCUT2D eigenvalue weighted by Crippen LogP contribution is 2.42. The zero-order chi connectivity index (χ0) is 27.8. The summed E-state index contributed by atoms with van der Waals surface area (Å²) in [6.45, 7) is 6.94. The van der Waals surface area contributed by atoms with Gasteiger partial charge in [0.1, 0.15) is 0 Å². The van der Waals surface area contributed by atoms with Crippen LogP contribution in [0.4, 0.5) is 0 Å². The normalized spacial score (nSPS) is 24.2. The van der Waals surface area contributed by atoms with Crippen LogP contribution in [0.25, 0.3) is 21.9 Å². The number of fused-ring (bicyclic) bond motifs is 4. The van der Waals surface area contributed by atoms with Gasteiger partial charge < -0.3 is 0 Å². The molecule has 200 valence electrons. The average molecular weight is 529 g/mol. The van der Waals surface area contributed by atoms with Crippen LogP contribution in [0.1, 0.15) is 25.3 Å². The van der Waals surface area contributed by atoms with Gasteiger partial charge in [-0.2, -0.15) is 0 Å². The van der Waals surface area contributed by atoms with Crippen LogP contribution >= 0.6 is 0 Å². The van der Waals surface area contributed by atoms with Gasteiger partial charge in [0.15, 0.2) is 0 Å². The summed E-state index contributed by atoms with van der Waals surface area (Å²) in [6, 6.07) is 24.6. The Morgan fingerprint density at radius 3 is 2.20 bits per heavy atom. The van der Waals surface area contributed by atoms with Gasteiger partial charge in [0.05, 0.1) is 0 Å². The molecule has 0 N–H and O–H groups in total. The monoisotopic (exact) mass is 528 g/mol. The van der Waals surface area contributed by atoms with E-state index in [1.165, 1.54) is 54.6 Å². The van der Waals surface area contributed by atoms with Crippen molar-refractivity contribution in [2.24, 2.45) is 23.7 Å². The molecule has 3 aromatic carbocycles. The van der Waals surface area contributed by atoms with Gasteiger partial charge in [0.25, 0.3) is 0 Å². The lowest BCUT2D eigenvalue weighted by molar-refractivity contribution is 0.622. The Labute approximate surface area is 243 Å². The Kier molecular flexibility index (Phi) is 6.77. The highest BCUT2D eigenvalue weighted by atomic mass is 14.4. The molecular formula is C41H36. The van der Waals surface area contributed by atoms with E-state index in [0.29, 0.717) is 11.8 Å². The minimum absolute atomic E-state index is 0.283. The molecule has 4 atom stereocenters. The fourth-order valence-corrected chi connectivity index (χ4v) is 7.32. The van der Waals surface area contributed by atoms with E-state index in [1.54, 1.807) is 0 Å². The van der Waals surface area contributed by atoms with Gasteiger partial charge in [-0.05, 0) is 74.9 Å². The summed E-state index contributed by atoms with van der Waals surface area (Å²) in [4.78, 5) is 0. The van der Waals surface area contributed by atoms with Crippen molar-refractivity contribution in [1.82, 2.24) is 0 Å². The highest BCUT2D eigenvalue weighted by Gasteiger charge is 2.32. The molecule has 0 amide bonds. The third-order valence-corrected chi connectivity index (χ3v) is 9.31. The van der Waals surface area contributed by atoms with E-state index in [-0.39, 0.29) is 11.8 Å². The first-order valence-electron chi connectivity index (χ1n) is 15.0. The second kappa shape index (κ2) is 10.9. The molecule has 0 bridgehead atoms. The van der Waals surface area contributed by atoms with Gasteiger partial charge in [0.2, 0.25) is 0 Å². The molecule has 0 radical (unpaired) electrons. The fourth-order valence-electron chi connectivity index (χ4n) is 7.32. The molecule has 0 saturated heterocycles. The van der Waals surface area contributed by atoms with Crippen molar-refractivity contribution in [2.45, 2.75) is 19.8 Å². The SMILES string of the molecule is C=C(CCC(=CC)C1=CC=CC2C=CC=CC12)C1=c2ccccc2=C(c2ccc3ccccc3c2)C2C=CC=CC12. The van der Waals surface area contributed by atoms with Crippen molar-refractivity contribution in [3.8, 4) is 0 Å². The lowest BCUT2D eigenvalue weighted by Crippen LogP contribution is -2.40. The first kappa shape index (κ1) is 25.5. The second-order valence-corrected chi connectivity index (χ2v) is 11.6. The summed E-state index contributed by atoms with van der Waals surface area (Å²) in [5, 5.41) is 5.25. The molecule has 4 aliphatic carbocycles. The lowest BCUT2D eigenvalue weighted by atomic mass is 9.69. The van der Waals surface area contributed by atoms with E-state index in [2.05, 4.69) is 147 Å². The van der Waals surface area contributed by atoms with E-state index in [1.807, 2.05) is 0 Å². The molecule has 0 heteroatoms. The quantitative estimate of drug-likeness (QED) is 0.300. The maximum Gasteiger partial charge on any atom is 0.0137 e. The molecular weight excluding hydrogens is 492 g/mol. The summed E-state index contributed by atoms with van der Waals surface area (Å²) in [7, 11) is 0. The zero-order valence-electron chi connectivity index (χ0n) is 23.7. The van der Waals surface area contributed by atoms with Gasteiger partial charge in [-0.3, -0.25) is 0 Å². The van der Waals surface area contributed by atoms with Crippen molar-refractivity contribution in [3.63, 3.8) is 0 Å². The first-order valence-corrected chi connectivity index (χ1v) is 15.0. The van der Waals surface area contributed by atoms with Crippen LogP contribution in [0.5, 0.6) is 0 Å². The molecule has 0 heterocycles. The van der Waals surface area contributed by atoms with Crippen molar-refractivity contribution in [2.75, 3.05) is 0 Å². The number of benzene rings is 3. The van der Waals surface area contributed by atoms with Crippen molar-refractivity contribution in [3.05, 3.63) is 179 Å². The summed E-state index contributed by atoms with van der Waals surface area (Å²) in [6.07, 6.45) is 29.4. The average Bonchev–Trinajstić information content (AvgIpc) is 3.03. The minimum atomic E-state index is 0.283.